The molecule has 1 N–H and O–H groups in total. The highest BCUT2D eigenvalue weighted by molar-refractivity contribution is 6.31. The number of hydrogen-bond acceptors (Lipinski definition) is 3. The Labute approximate surface area is 205 Å². The van der Waals surface area contributed by atoms with Gasteiger partial charge in [-0.1, -0.05) is 67.9 Å². The molecule has 1 aliphatic heterocycles. The van der Waals surface area contributed by atoms with Gasteiger partial charge in [0.15, 0.2) is 6.10 Å². The van der Waals surface area contributed by atoms with Gasteiger partial charge in [0, 0.05) is 16.8 Å². The summed E-state index contributed by atoms with van der Waals surface area (Å²) in [5.41, 5.74) is 4.19. The van der Waals surface area contributed by atoms with Gasteiger partial charge < -0.3 is 15.0 Å². The molecule has 0 saturated carbocycles. The third-order valence-corrected chi connectivity index (χ3v) is 6.12. The molecular weight excluding hydrogens is 448 g/mol. The second-order valence-electron chi connectivity index (χ2n) is 8.60. The van der Waals surface area contributed by atoms with Gasteiger partial charge >= 0.3 is 0 Å². The molecule has 0 fully saturated rings. The van der Waals surface area contributed by atoms with Gasteiger partial charge in [-0.2, -0.15) is 0 Å². The van der Waals surface area contributed by atoms with Crippen LogP contribution in [0.3, 0.4) is 0 Å². The zero-order valence-corrected chi connectivity index (χ0v) is 20.2. The van der Waals surface area contributed by atoms with E-state index in [1.165, 1.54) is 11.6 Å². The Morgan fingerprint density at radius 2 is 1.85 bits per heavy atom. The molecule has 1 aliphatic rings. The van der Waals surface area contributed by atoms with Crippen LogP contribution < -0.4 is 15.0 Å². The Hall–Kier alpha value is -3.57. The fourth-order valence-electron chi connectivity index (χ4n) is 3.79. The van der Waals surface area contributed by atoms with Crippen molar-refractivity contribution in [2.24, 2.45) is 0 Å². The van der Waals surface area contributed by atoms with Crippen molar-refractivity contribution in [3.8, 4) is 5.75 Å². The van der Waals surface area contributed by atoms with Gasteiger partial charge in [-0.3, -0.25) is 9.59 Å². The summed E-state index contributed by atoms with van der Waals surface area (Å²) in [6.45, 7) is 6.32. The summed E-state index contributed by atoms with van der Waals surface area (Å²) in [5.74, 6) is 0.613. The van der Waals surface area contributed by atoms with Crippen LogP contribution >= 0.6 is 11.6 Å². The van der Waals surface area contributed by atoms with E-state index in [0.29, 0.717) is 34.6 Å². The lowest BCUT2D eigenvalue weighted by molar-refractivity contribution is -0.125. The molecule has 0 bridgehead atoms. The second-order valence-corrected chi connectivity index (χ2v) is 9.01. The fourth-order valence-corrected chi connectivity index (χ4v) is 3.99. The molecule has 1 heterocycles. The number of amides is 2. The summed E-state index contributed by atoms with van der Waals surface area (Å²) in [5, 5.41) is 3.46. The minimum atomic E-state index is -0.611. The number of anilines is 2. The summed E-state index contributed by atoms with van der Waals surface area (Å²) >= 11 is 6.33. The van der Waals surface area contributed by atoms with E-state index < -0.39 is 6.10 Å². The highest BCUT2D eigenvalue weighted by Crippen LogP contribution is 2.37. The van der Waals surface area contributed by atoms with E-state index in [-0.39, 0.29) is 11.8 Å². The first kappa shape index (κ1) is 23.6. The molecule has 174 valence electrons. The molecule has 5 nitrogen and oxygen atoms in total. The predicted molar refractivity (Wildman–Crippen MR) is 137 cm³/mol. The Morgan fingerprint density at radius 3 is 2.56 bits per heavy atom. The van der Waals surface area contributed by atoms with Crippen molar-refractivity contribution in [1.82, 2.24) is 0 Å². The van der Waals surface area contributed by atoms with Crippen LogP contribution in [0.15, 0.2) is 72.8 Å². The van der Waals surface area contributed by atoms with Crippen LogP contribution in [-0.4, -0.2) is 17.9 Å². The third-order valence-electron chi connectivity index (χ3n) is 5.75. The molecule has 34 heavy (non-hydrogen) atoms. The zero-order valence-electron chi connectivity index (χ0n) is 19.4. The zero-order chi connectivity index (χ0) is 24.2. The maximum absolute atomic E-state index is 12.9. The van der Waals surface area contributed by atoms with Crippen LogP contribution in [0.1, 0.15) is 43.4 Å². The van der Waals surface area contributed by atoms with Gasteiger partial charge in [-0.25, -0.2) is 0 Å². The maximum atomic E-state index is 12.9. The number of nitrogens with zero attached hydrogens (tertiary/aromatic N) is 1. The lowest BCUT2D eigenvalue weighted by Gasteiger charge is -2.33. The van der Waals surface area contributed by atoms with Crippen molar-refractivity contribution < 1.29 is 14.3 Å². The molecular formula is C28H27ClN2O3. The molecule has 0 radical (unpaired) electrons. The highest BCUT2D eigenvalue weighted by Gasteiger charge is 2.32. The molecule has 0 aromatic heterocycles. The average molecular weight is 475 g/mol. The molecule has 6 heteroatoms. The van der Waals surface area contributed by atoms with Crippen LogP contribution in [0.25, 0.3) is 6.08 Å². The van der Waals surface area contributed by atoms with E-state index in [1.807, 2.05) is 30.3 Å². The molecule has 0 aliphatic carbocycles. The smallest absolute Gasteiger partial charge is 0.268 e. The van der Waals surface area contributed by atoms with Crippen LogP contribution in [0.4, 0.5) is 11.4 Å². The van der Waals surface area contributed by atoms with Gasteiger partial charge in [0.05, 0.1) is 12.2 Å². The Morgan fingerprint density at radius 1 is 1.12 bits per heavy atom. The highest BCUT2D eigenvalue weighted by atomic mass is 35.5. The number of nitrogens with one attached hydrogen (secondary N) is 1. The minimum absolute atomic E-state index is 0.166. The number of carbonyl (C=O) groups excluding carboxylic acids is 2. The minimum Gasteiger partial charge on any atom is -0.479 e. The van der Waals surface area contributed by atoms with E-state index in [4.69, 9.17) is 16.3 Å². The standard InChI is InChI=1S/C28H27ClN2O3/c1-18(2)21-11-8-20(9-12-21)10-15-27(32)30-23-13-14-26-25(16-23)31(28(33)19(3)34-26)17-22-6-4-5-7-24(22)29/h4-16,18-19H,17H2,1-3H3,(H,30,32)/b15-10+. The Bertz CT molecular complexity index is 1230. The number of halogens is 1. The number of fused-ring (bicyclic) bond motifs is 1. The summed E-state index contributed by atoms with van der Waals surface area (Å²) < 4.78 is 5.78. The quantitative estimate of drug-likeness (QED) is 0.419. The summed E-state index contributed by atoms with van der Waals surface area (Å²) in [4.78, 5) is 27.1. The molecule has 3 aromatic rings. The van der Waals surface area contributed by atoms with Gasteiger partial charge in [0.25, 0.3) is 5.91 Å². The van der Waals surface area contributed by atoms with Gasteiger partial charge in [-0.05, 0) is 59.9 Å². The van der Waals surface area contributed by atoms with Crippen molar-refractivity contribution in [2.75, 3.05) is 10.2 Å². The van der Waals surface area contributed by atoms with E-state index in [1.54, 1.807) is 42.2 Å². The van der Waals surface area contributed by atoms with E-state index in [9.17, 15) is 9.59 Å². The molecule has 0 saturated heterocycles. The monoisotopic (exact) mass is 474 g/mol. The number of rotatable bonds is 6. The fraction of sp³-hybridized carbons (Fsp3) is 0.214. The topological polar surface area (TPSA) is 58.6 Å². The normalized spacial score (nSPS) is 15.4. The molecule has 0 spiro atoms. The first-order valence-corrected chi connectivity index (χ1v) is 11.6. The van der Waals surface area contributed by atoms with Crippen molar-refractivity contribution in [3.63, 3.8) is 0 Å². The predicted octanol–water partition coefficient (Wildman–Crippen LogP) is 6.43. The van der Waals surface area contributed by atoms with E-state index in [2.05, 4.69) is 31.3 Å². The molecule has 2 amide bonds. The summed E-state index contributed by atoms with van der Waals surface area (Å²) in [6.07, 6.45) is 2.66. The van der Waals surface area contributed by atoms with Crippen molar-refractivity contribution in [2.45, 2.75) is 39.3 Å². The summed E-state index contributed by atoms with van der Waals surface area (Å²) in [7, 11) is 0. The van der Waals surface area contributed by atoms with Crippen molar-refractivity contribution in [1.29, 1.82) is 0 Å². The van der Waals surface area contributed by atoms with Gasteiger partial charge in [0.1, 0.15) is 5.75 Å². The van der Waals surface area contributed by atoms with Crippen LogP contribution in [0.5, 0.6) is 5.75 Å². The second kappa shape index (κ2) is 10.1. The molecule has 4 rings (SSSR count). The van der Waals surface area contributed by atoms with E-state index in [0.717, 1.165) is 11.1 Å². The first-order chi connectivity index (χ1) is 16.3. The van der Waals surface area contributed by atoms with Gasteiger partial charge in [0.2, 0.25) is 5.91 Å². The molecule has 1 atom stereocenters. The SMILES string of the molecule is CC1Oc2ccc(NC(=O)/C=C/c3ccc(C(C)C)cc3)cc2N(Cc2ccccc2Cl)C1=O. The number of benzene rings is 3. The largest absolute Gasteiger partial charge is 0.479 e. The van der Waals surface area contributed by atoms with Crippen LogP contribution in [-0.2, 0) is 16.1 Å². The maximum Gasteiger partial charge on any atom is 0.268 e. The third kappa shape index (κ3) is 5.32. The molecule has 1 unspecified atom stereocenters. The first-order valence-electron chi connectivity index (χ1n) is 11.3. The summed E-state index contributed by atoms with van der Waals surface area (Å²) in [6, 6.07) is 20.8. The lowest BCUT2D eigenvalue weighted by Crippen LogP contribution is -2.44. The van der Waals surface area contributed by atoms with Crippen LogP contribution in [0, 0.1) is 0 Å². The Balaban J connectivity index is 1.52. The number of carbonyl (C=O) groups is 2. The van der Waals surface area contributed by atoms with Gasteiger partial charge in [-0.15, -0.1) is 0 Å². The lowest BCUT2D eigenvalue weighted by atomic mass is 10.0. The van der Waals surface area contributed by atoms with Crippen molar-refractivity contribution in [3.05, 3.63) is 94.5 Å². The Kier molecular flexibility index (Phi) is 7.03. The number of ether oxygens (including phenoxy) is 1. The van der Waals surface area contributed by atoms with Crippen LogP contribution in [0.2, 0.25) is 5.02 Å². The average Bonchev–Trinajstić information content (AvgIpc) is 2.82. The van der Waals surface area contributed by atoms with E-state index >= 15 is 0 Å². The number of hydrogen-bond donors (Lipinski definition) is 1. The van der Waals surface area contributed by atoms with Crippen molar-refractivity contribution >= 4 is 40.9 Å². The molecule has 3 aromatic carbocycles.